The number of piperazine rings is 1. The molecule has 1 amide bonds. The van der Waals surface area contributed by atoms with Gasteiger partial charge in [-0.2, -0.15) is 10.2 Å². The number of oxazole rings is 1. The highest BCUT2D eigenvalue weighted by Gasteiger charge is 2.27. The summed E-state index contributed by atoms with van der Waals surface area (Å²) >= 11 is 12.1. The van der Waals surface area contributed by atoms with Gasteiger partial charge in [-0.1, -0.05) is 35.3 Å². The number of aromatic nitrogens is 1. The SMILES string of the molecule is N#Cc1nc(-c2ccccc2Cl)oc1N1CCN(C(=O)c2ccc(Cl)cc2)CC1. The number of nitriles is 1. The standard InChI is InChI=1S/C21H16Cl2N4O2/c22-15-7-5-14(6-8-15)20(28)26-9-11-27(12-10-26)21-18(13-24)25-19(29-21)16-3-1-2-4-17(16)23/h1-8H,9-12H2. The topological polar surface area (TPSA) is 73.4 Å². The van der Waals surface area contributed by atoms with E-state index in [2.05, 4.69) is 11.1 Å². The van der Waals surface area contributed by atoms with Crippen molar-refractivity contribution in [1.29, 1.82) is 5.26 Å². The van der Waals surface area contributed by atoms with Gasteiger partial charge >= 0.3 is 0 Å². The Balaban J connectivity index is 1.50. The molecule has 0 atom stereocenters. The summed E-state index contributed by atoms with van der Waals surface area (Å²) in [6.07, 6.45) is 0. The third kappa shape index (κ3) is 3.93. The fourth-order valence-electron chi connectivity index (χ4n) is 3.24. The van der Waals surface area contributed by atoms with Gasteiger partial charge in [-0.3, -0.25) is 4.79 Å². The zero-order valence-corrected chi connectivity index (χ0v) is 16.8. The highest BCUT2D eigenvalue weighted by atomic mass is 35.5. The molecular weight excluding hydrogens is 411 g/mol. The van der Waals surface area contributed by atoms with Gasteiger partial charge in [-0.15, -0.1) is 0 Å². The first-order valence-electron chi connectivity index (χ1n) is 9.02. The number of carbonyl (C=O) groups excluding carboxylic acids is 1. The summed E-state index contributed by atoms with van der Waals surface area (Å²) in [5.74, 6) is 0.666. The maximum atomic E-state index is 12.7. The molecule has 2 aromatic carbocycles. The molecule has 29 heavy (non-hydrogen) atoms. The van der Waals surface area contributed by atoms with Crippen molar-refractivity contribution in [2.45, 2.75) is 0 Å². The van der Waals surface area contributed by atoms with Crippen LogP contribution in [0.25, 0.3) is 11.5 Å². The lowest BCUT2D eigenvalue weighted by Crippen LogP contribution is -2.48. The molecule has 1 fully saturated rings. The van der Waals surface area contributed by atoms with Crippen LogP contribution in [-0.2, 0) is 0 Å². The lowest BCUT2D eigenvalue weighted by molar-refractivity contribution is 0.0745. The number of halogens is 2. The van der Waals surface area contributed by atoms with Gasteiger partial charge in [-0.05, 0) is 36.4 Å². The van der Waals surface area contributed by atoms with Crippen molar-refractivity contribution in [2.75, 3.05) is 31.1 Å². The van der Waals surface area contributed by atoms with Gasteiger partial charge in [0.1, 0.15) is 6.07 Å². The van der Waals surface area contributed by atoms with Crippen molar-refractivity contribution in [3.63, 3.8) is 0 Å². The van der Waals surface area contributed by atoms with Crippen LogP contribution in [0.3, 0.4) is 0 Å². The molecule has 0 N–H and O–H groups in total. The zero-order chi connectivity index (χ0) is 20.4. The summed E-state index contributed by atoms with van der Waals surface area (Å²) in [5.41, 5.74) is 1.44. The predicted molar refractivity (Wildman–Crippen MR) is 111 cm³/mol. The average Bonchev–Trinajstić information content (AvgIpc) is 3.18. The molecule has 1 aliphatic heterocycles. The second-order valence-electron chi connectivity index (χ2n) is 6.55. The van der Waals surface area contributed by atoms with E-state index < -0.39 is 0 Å². The maximum absolute atomic E-state index is 12.7. The molecule has 0 saturated carbocycles. The number of nitrogens with zero attached hydrogens (tertiary/aromatic N) is 4. The predicted octanol–water partition coefficient (Wildman–Crippen LogP) is 4.48. The second kappa shape index (κ2) is 8.16. The first-order chi connectivity index (χ1) is 14.1. The van der Waals surface area contributed by atoms with Gasteiger partial charge in [0.15, 0.2) is 0 Å². The molecule has 0 bridgehead atoms. The van der Waals surface area contributed by atoms with Crippen LogP contribution in [0.15, 0.2) is 52.9 Å². The lowest BCUT2D eigenvalue weighted by Gasteiger charge is -2.34. The largest absolute Gasteiger partial charge is 0.419 e. The second-order valence-corrected chi connectivity index (χ2v) is 7.39. The minimum Gasteiger partial charge on any atom is -0.419 e. The number of benzene rings is 2. The fraction of sp³-hybridized carbons (Fsp3) is 0.190. The van der Waals surface area contributed by atoms with Crippen molar-refractivity contribution >= 4 is 35.0 Å². The monoisotopic (exact) mass is 426 g/mol. The molecule has 4 rings (SSSR count). The van der Waals surface area contributed by atoms with Crippen molar-refractivity contribution in [3.05, 3.63) is 69.8 Å². The summed E-state index contributed by atoms with van der Waals surface area (Å²) in [7, 11) is 0. The molecule has 1 saturated heterocycles. The van der Waals surface area contributed by atoms with E-state index in [0.717, 1.165) is 0 Å². The van der Waals surface area contributed by atoms with Gasteiger partial charge in [0, 0.05) is 36.8 Å². The molecule has 0 radical (unpaired) electrons. The van der Waals surface area contributed by atoms with Crippen LogP contribution in [-0.4, -0.2) is 42.0 Å². The highest BCUT2D eigenvalue weighted by molar-refractivity contribution is 6.33. The van der Waals surface area contributed by atoms with E-state index in [1.807, 2.05) is 17.0 Å². The van der Waals surface area contributed by atoms with E-state index in [1.54, 1.807) is 41.3 Å². The number of carbonyl (C=O) groups is 1. The molecule has 6 nitrogen and oxygen atoms in total. The van der Waals surface area contributed by atoms with Crippen LogP contribution >= 0.6 is 23.2 Å². The molecule has 0 spiro atoms. The molecule has 8 heteroatoms. The van der Waals surface area contributed by atoms with Gasteiger partial charge in [-0.25, -0.2) is 0 Å². The van der Waals surface area contributed by atoms with Crippen molar-refractivity contribution < 1.29 is 9.21 Å². The van der Waals surface area contributed by atoms with Gasteiger partial charge in [0.2, 0.25) is 17.5 Å². The van der Waals surface area contributed by atoms with E-state index in [-0.39, 0.29) is 11.6 Å². The number of hydrogen-bond donors (Lipinski definition) is 0. The summed E-state index contributed by atoms with van der Waals surface area (Å²) in [5, 5.41) is 10.6. The van der Waals surface area contributed by atoms with Gasteiger partial charge < -0.3 is 14.2 Å². The lowest BCUT2D eigenvalue weighted by atomic mass is 10.2. The number of rotatable bonds is 3. The van der Waals surface area contributed by atoms with Crippen molar-refractivity contribution in [1.82, 2.24) is 9.88 Å². The highest BCUT2D eigenvalue weighted by Crippen LogP contribution is 2.32. The molecule has 146 valence electrons. The molecule has 0 unspecified atom stereocenters. The van der Waals surface area contributed by atoms with Crippen LogP contribution in [0.2, 0.25) is 10.0 Å². The van der Waals surface area contributed by atoms with E-state index in [0.29, 0.717) is 59.1 Å². The van der Waals surface area contributed by atoms with Crippen LogP contribution in [0.4, 0.5) is 5.88 Å². The van der Waals surface area contributed by atoms with E-state index >= 15 is 0 Å². The Morgan fingerprint density at radius 1 is 1.03 bits per heavy atom. The normalized spacial score (nSPS) is 14.0. The third-order valence-electron chi connectivity index (χ3n) is 4.76. The summed E-state index contributed by atoms with van der Waals surface area (Å²) in [6, 6.07) is 16.1. The number of hydrogen-bond acceptors (Lipinski definition) is 5. The molecule has 1 aromatic heterocycles. The van der Waals surface area contributed by atoms with E-state index in [1.165, 1.54) is 0 Å². The minimum absolute atomic E-state index is 0.0452. The van der Waals surface area contributed by atoms with Crippen LogP contribution in [0.1, 0.15) is 16.1 Å². The molecule has 2 heterocycles. The Labute approximate surface area is 177 Å². The van der Waals surface area contributed by atoms with Crippen molar-refractivity contribution in [2.24, 2.45) is 0 Å². The van der Waals surface area contributed by atoms with Gasteiger partial charge in [0.25, 0.3) is 5.91 Å². The maximum Gasteiger partial charge on any atom is 0.253 e. The minimum atomic E-state index is -0.0452. The Morgan fingerprint density at radius 2 is 1.72 bits per heavy atom. The summed E-state index contributed by atoms with van der Waals surface area (Å²) in [6.45, 7) is 2.08. The third-order valence-corrected chi connectivity index (χ3v) is 5.35. The molecule has 1 aliphatic rings. The average molecular weight is 427 g/mol. The van der Waals surface area contributed by atoms with Crippen LogP contribution in [0.5, 0.6) is 0 Å². The van der Waals surface area contributed by atoms with E-state index in [4.69, 9.17) is 27.6 Å². The Kier molecular flexibility index (Phi) is 5.43. The quantitative estimate of drug-likeness (QED) is 0.616. The smallest absolute Gasteiger partial charge is 0.253 e. The number of amides is 1. The van der Waals surface area contributed by atoms with Crippen LogP contribution in [0, 0.1) is 11.3 Å². The summed E-state index contributed by atoms with van der Waals surface area (Å²) < 4.78 is 5.90. The molecule has 0 aliphatic carbocycles. The molecule has 3 aromatic rings. The Morgan fingerprint density at radius 3 is 2.38 bits per heavy atom. The van der Waals surface area contributed by atoms with Crippen LogP contribution < -0.4 is 4.90 Å². The van der Waals surface area contributed by atoms with Gasteiger partial charge in [0.05, 0.1) is 10.6 Å². The zero-order valence-electron chi connectivity index (χ0n) is 15.3. The molecular formula is C21H16Cl2N4O2. The Hall–Kier alpha value is -3.01. The fourth-order valence-corrected chi connectivity index (χ4v) is 3.58. The first-order valence-corrected chi connectivity index (χ1v) is 9.78. The van der Waals surface area contributed by atoms with E-state index in [9.17, 15) is 10.1 Å². The number of anilines is 1. The first kappa shape index (κ1) is 19.3. The van der Waals surface area contributed by atoms with Crippen molar-refractivity contribution in [3.8, 4) is 17.5 Å². The Bertz CT molecular complexity index is 1080. The summed E-state index contributed by atoms with van der Waals surface area (Å²) in [4.78, 5) is 20.7.